The number of hydrogen-bond acceptors (Lipinski definition) is 4. The van der Waals surface area contributed by atoms with Gasteiger partial charge in [0, 0.05) is 64.1 Å². The number of benzene rings is 1. The Morgan fingerprint density at radius 1 is 1.19 bits per heavy atom. The van der Waals surface area contributed by atoms with Crippen molar-refractivity contribution >= 4 is 5.91 Å². The summed E-state index contributed by atoms with van der Waals surface area (Å²) >= 11 is 0. The molecule has 6 nitrogen and oxygen atoms in total. The molecule has 6 heteroatoms. The molecule has 0 atom stereocenters. The van der Waals surface area contributed by atoms with Gasteiger partial charge in [0.15, 0.2) is 0 Å². The first-order valence-electron chi connectivity index (χ1n) is 9.36. The lowest BCUT2D eigenvalue weighted by Crippen LogP contribution is -2.33. The molecule has 26 heavy (non-hydrogen) atoms. The molecule has 1 aromatic carbocycles. The SMILES string of the molecule is CC(=O)N1CCCN(Cc2ccccc2OCCCn2ccnc2)CC1. The number of carbonyl (C=O) groups excluding carboxylic acids is 1. The van der Waals surface area contributed by atoms with Crippen LogP contribution in [0.3, 0.4) is 0 Å². The highest BCUT2D eigenvalue weighted by atomic mass is 16.5. The van der Waals surface area contributed by atoms with Crippen molar-refractivity contribution < 1.29 is 9.53 Å². The quantitative estimate of drug-likeness (QED) is 0.715. The van der Waals surface area contributed by atoms with Crippen molar-refractivity contribution in [1.82, 2.24) is 19.4 Å². The van der Waals surface area contributed by atoms with Crippen LogP contribution in [0.5, 0.6) is 5.75 Å². The van der Waals surface area contributed by atoms with Gasteiger partial charge in [0.05, 0.1) is 12.9 Å². The van der Waals surface area contributed by atoms with Gasteiger partial charge in [0.2, 0.25) is 5.91 Å². The molecule has 0 saturated carbocycles. The minimum Gasteiger partial charge on any atom is -0.493 e. The molecule has 1 amide bonds. The van der Waals surface area contributed by atoms with Crippen molar-refractivity contribution in [2.75, 3.05) is 32.8 Å². The number of para-hydroxylation sites is 1. The van der Waals surface area contributed by atoms with E-state index < -0.39 is 0 Å². The number of carbonyl (C=O) groups is 1. The van der Waals surface area contributed by atoms with E-state index in [0.717, 1.165) is 57.9 Å². The number of hydrogen-bond donors (Lipinski definition) is 0. The maximum absolute atomic E-state index is 11.6. The normalized spacial score (nSPS) is 15.7. The molecule has 0 N–H and O–H groups in total. The first-order chi connectivity index (χ1) is 12.7. The van der Waals surface area contributed by atoms with Gasteiger partial charge in [-0.2, -0.15) is 0 Å². The van der Waals surface area contributed by atoms with Crippen LogP contribution >= 0.6 is 0 Å². The van der Waals surface area contributed by atoms with E-state index in [9.17, 15) is 4.79 Å². The molecule has 3 rings (SSSR count). The average Bonchev–Trinajstić information content (AvgIpc) is 3.04. The van der Waals surface area contributed by atoms with Gasteiger partial charge in [0.1, 0.15) is 5.75 Å². The molecule has 1 saturated heterocycles. The van der Waals surface area contributed by atoms with Crippen molar-refractivity contribution in [3.63, 3.8) is 0 Å². The molecular weight excluding hydrogens is 328 g/mol. The van der Waals surface area contributed by atoms with Gasteiger partial charge in [0.25, 0.3) is 0 Å². The Kier molecular flexibility index (Phi) is 6.66. The van der Waals surface area contributed by atoms with E-state index >= 15 is 0 Å². The van der Waals surface area contributed by atoms with Crippen molar-refractivity contribution in [2.24, 2.45) is 0 Å². The van der Waals surface area contributed by atoms with Gasteiger partial charge in [-0.1, -0.05) is 18.2 Å². The van der Waals surface area contributed by atoms with E-state index in [4.69, 9.17) is 4.74 Å². The predicted molar refractivity (Wildman–Crippen MR) is 101 cm³/mol. The number of aryl methyl sites for hydroxylation is 1. The standard InChI is InChI=1S/C20H28N4O2/c1-18(25)24-11-4-9-22(13-14-24)16-19-6-2-3-7-20(19)26-15-5-10-23-12-8-21-17-23/h2-3,6-8,12,17H,4-5,9-11,13-16H2,1H3. The Hall–Kier alpha value is -2.34. The number of nitrogens with zero attached hydrogens (tertiary/aromatic N) is 4. The van der Waals surface area contributed by atoms with Crippen LogP contribution in [0, 0.1) is 0 Å². The summed E-state index contributed by atoms with van der Waals surface area (Å²) in [5, 5.41) is 0. The molecule has 0 radical (unpaired) electrons. The topological polar surface area (TPSA) is 50.6 Å². The van der Waals surface area contributed by atoms with Crippen LogP contribution in [0.15, 0.2) is 43.0 Å². The fourth-order valence-electron chi connectivity index (χ4n) is 3.31. The summed E-state index contributed by atoms with van der Waals surface area (Å²) in [5.41, 5.74) is 1.21. The number of ether oxygens (including phenoxy) is 1. The van der Waals surface area contributed by atoms with Gasteiger partial charge in [-0.3, -0.25) is 9.69 Å². The second-order valence-electron chi connectivity index (χ2n) is 6.75. The van der Waals surface area contributed by atoms with Crippen molar-refractivity contribution in [2.45, 2.75) is 32.9 Å². The molecule has 1 aliphatic rings. The van der Waals surface area contributed by atoms with Crippen LogP contribution in [0.25, 0.3) is 0 Å². The molecule has 0 bridgehead atoms. The largest absolute Gasteiger partial charge is 0.493 e. The molecular formula is C20H28N4O2. The number of rotatable bonds is 7. The zero-order chi connectivity index (χ0) is 18.2. The Labute approximate surface area is 155 Å². The molecule has 0 unspecified atom stereocenters. The zero-order valence-corrected chi connectivity index (χ0v) is 15.5. The van der Waals surface area contributed by atoms with E-state index in [-0.39, 0.29) is 5.91 Å². The summed E-state index contributed by atoms with van der Waals surface area (Å²) in [7, 11) is 0. The zero-order valence-electron chi connectivity index (χ0n) is 15.5. The molecule has 1 aromatic heterocycles. The minimum atomic E-state index is 0.175. The maximum atomic E-state index is 11.6. The number of amides is 1. The molecule has 2 heterocycles. The van der Waals surface area contributed by atoms with E-state index in [1.54, 1.807) is 13.1 Å². The lowest BCUT2D eigenvalue weighted by molar-refractivity contribution is -0.128. The van der Waals surface area contributed by atoms with Crippen molar-refractivity contribution in [3.05, 3.63) is 48.5 Å². The van der Waals surface area contributed by atoms with Crippen LogP contribution in [0.4, 0.5) is 0 Å². The van der Waals surface area contributed by atoms with Crippen LogP contribution in [0.2, 0.25) is 0 Å². The second kappa shape index (κ2) is 9.38. The van der Waals surface area contributed by atoms with Crippen LogP contribution in [0.1, 0.15) is 25.3 Å². The molecule has 1 aliphatic heterocycles. The number of aromatic nitrogens is 2. The monoisotopic (exact) mass is 356 g/mol. The molecule has 0 spiro atoms. The lowest BCUT2D eigenvalue weighted by atomic mass is 10.2. The Bertz CT molecular complexity index is 687. The first kappa shape index (κ1) is 18.5. The summed E-state index contributed by atoms with van der Waals surface area (Å²) in [4.78, 5) is 20.0. The third-order valence-electron chi connectivity index (χ3n) is 4.78. The van der Waals surface area contributed by atoms with Crippen LogP contribution in [-0.4, -0.2) is 58.0 Å². The minimum absolute atomic E-state index is 0.175. The Balaban J connectivity index is 1.51. The summed E-state index contributed by atoms with van der Waals surface area (Å²) in [6.45, 7) is 7.71. The highest BCUT2D eigenvalue weighted by molar-refractivity contribution is 5.73. The fourth-order valence-corrected chi connectivity index (χ4v) is 3.31. The summed E-state index contributed by atoms with van der Waals surface area (Å²) in [6, 6.07) is 8.27. The van der Waals surface area contributed by atoms with E-state index in [2.05, 4.69) is 26.6 Å². The van der Waals surface area contributed by atoms with Gasteiger partial charge >= 0.3 is 0 Å². The number of imidazole rings is 1. The Morgan fingerprint density at radius 2 is 2.08 bits per heavy atom. The third-order valence-corrected chi connectivity index (χ3v) is 4.78. The van der Waals surface area contributed by atoms with E-state index in [0.29, 0.717) is 6.61 Å². The van der Waals surface area contributed by atoms with Gasteiger partial charge < -0.3 is 14.2 Å². The van der Waals surface area contributed by atoms with Crippen molar-refractivity contribution in [3.8, 4) is 5.75 Å². The van der Waals surface area contributed by atoms with Gasteiger partial charge in [-0.15, -0.1) is 0 Å². The van der Waals surface area contributed by atoms with Crippen molar-refractivity contribution in [1.29, 1.82) is 0 Å². The van der Waals surface area contributed by atoms with Gasteiger partial charge in [-0.05, 0) is 18.9 Å². The van der Waals surface area contributed by atoms with E-state index in [1.807, 2.05) is 29.6 Å². The highest BCUT2D eigenvalue weighted by Gasteiger charge is 2.17. The van der Waals surface area contributed by atoms with E-state index in [1.165, 1.54) is 5.56 Å². The smallest absolute Gasteiger partial charge is 0.219 e. The summed E-state index contributed by atoms with van der Waals surface area (Å²) in [6.07, 6.45) is 7.56. The molecule has 2 aromatic rings. The maximum Gasteiger partial charge on any atom is 0.219 e. The Morgan fingerprint density at radius 3 is 2.88 bits per heavy atom. The fraction of sp³-hybridized carbons (Fsp3) is 0.500. The van der Waals surface area contributed by atoms with Crippen LogP contribution < -0.4 is 4.74 Å². The molecule has 0 aliphatic carbocycles. The van der Waals surface area contributed by atoms with Gasteiger partial charge in [-0.25, -0.2) is 4.98 Å². The molecule has 1 fully saturated rings. The van der Waals surface area contributed by atoms with Crippen LogP contribution in [-0.2, 0) is 17.9 Å². The third kappa shape index (κ3) is 5.33. The average molecular weight is 356 g/mol. The highest BCUT2D eigenvalue weighted by Crippen LogP contribution is 2.21. The first-order valence-corrected chi connectivity index (χ1v) is 9.36. The second-order valence-corrected chi connectivity index (χ2v) is 6.75. The summed E-state index contributed by atoms with van der Waals surface area (Å²) in [5.74, 6) is 1.14. The lowest BCUT2D eigenvalue weighted by Gasteiger charge is -2.22. The summed E-state index contributed by atoms with van der Waals surface area (Å²) < 4.78 is 8.11. The molecule has 140 valence electrons. The predicted octanol–water partition coefficient (Wildman–Crippen LogP) is 2.41.